The first kappa shape index (κ1) is 14.0. The molecule has 96 valence electrons. The molecular formula is C10H15NO4S2. The number of hydrogen-bond donors (Lipinski definition) is 2. The fourth-order valence-corrected chi connectivity index (χ4v) is 3.80. The molecule has 7 heteroatoms. The summed E-state index contributed by atoms with van der Waals surface area (Å²) in [5, 5.41) is 10.4. The zero-order chi connectivity index (χ0) is 13.3. The predicted molar refractivity (Wildman–Crippen MR) is 68.1 cm³/mol. The molecule has 0 atom stereocenters. The summed E-state index contributed by atoms with van der Waals surface area (Å²) in [6.07, 6.45) is 0. The number of nitrogens with one attached hydrogen (secondary N) is 1. The Bertz CT molecular complexity index is 511. The van der Waals surface area contributed by atoms with Crippen molar-refractivity contribution in [1.29, 1.82) is 0 Å². The summed E-state index contributed by atoms with van der Waals surface area (Å²) in [6.45, 7) is 5.41. The molecule has 0 fully saturated rings. The van der Waals surface area contributed by atoms with Gasteiger partial charge in [0.1, 0.15) is 4.88 Å². The standard InChI is InChI=1S/C10H15NO4S2/c1-10(2,3)6-17(14,15)11-7-4-5-16-8(7)9(12)13/h4-5,11H,6H2,1-3H3,(H,12,13). The Morgan fingerprint density at radius 1 is 1.47 bits per heavy atom. The van der Waals surface area contributed by atoms with Crippen LogP contribution in [0.2, 0.25) is 0 Å². The summed E-state index contributed by atoms with van der Waals surface area (Å²) >= 11 is 0.990. The van der Waals surface area contributed by atoms with Gasteiger partial charge in [0.15, 0.2) is 0 Å². The van der Waals surface area contributed by atoms with E-state index in [1.54, 1.807) is 26.2 Å². The van der Waals surface area contributed by atoms with E-state index >= 15 is 0 Å². The Morgan fingerprint density at radius 3 is 2.53 bits per heavy atom. The summed E-state index contributed by atoms with van der Waals surface area (Å²) in [6, 6.07) is 1.45. The normalized spacial score (nSPS) is 12.4. The Kier molecular flexibility index (Phi) is 3.83. The van der Waals surface area contributed by atoms with Gasteiger partial charge in [0.05, 0.1) is 11.4 Å². The van der Waals surface area contributed by atoms with Crippen molar-refractivity contribution in [2.45, 2.75) is 20.8 Å². The molecule has 0 unspecified atom stereocenters. The highest BCUT2D eigenvalue weighted by atomic mass is 32.2. The number of anilines is 1. The lowest BCUT2D eigenvalue weighted by Gasteiger charge is -2.18. The van der Waals surface area contributed by atoms with E-state index in [-0.39, 0.29) is 21.7 Å². The van der Waals surface area contributed by atoms with Crippen LogP contribution in [-0.2, 0) is 10.0 Å². The number of carboxylic acid groups (broad SMARTS) is 1. The SMILES string of the molecule is CC(C)(C)CS(=O)(=O)Nc1ccsc1C(=O)O. The monoisotopic (exact) mass is 277 g/mol. The van der Waals surface area contributed by atoms with E-state index in [0.717, 1.165) is 11.3 Å². The molecule has 0 amide bonds. The number of aromatic carboxylic acids is 1. The van der Waals surface area contributed by atoms with Crippen molar-refractivity contribution >= 4 is 33.0 Å². The highest BCUT2D eigenvalue weighted by Gasteiger charge is 2.23. The summed E-state index contributed by atoms with van der Waals surface area (Å²) < 4.78 is 25.9. The minimum Gasteiger partial charge on any atom is -0.477 e. The van der Waals surface area contributed by atoms with Crippen molar-refractivity contribution in [3.05, 3.63) is 16.3 Å². The summed E-state index contributed by atoms with van der Waals surface area (Å²) in [7, 11) is -3.52. The third-order valence-electron chi connectivity index (χ3n) is 1.75. The summed E-state index contributed by atoms with van der Waals surface area (Å²) in [5.74, 6) is -1.19. The molecule has 0 saturated carbocycles. The van der Waals surface area contributed by atoms with Crippen LogP contribution in [0.5, 0.6) is 0 Å². The molecule has 0 aliphatic rings. The van der Waals surface area contributed by atoms with Gasteiger partial charge in [0.2, 0.25) is 10.0 Å². The topological polar surface area (TPSA) is 83.5 Å². The third-order valence-corrected chi connectivity index (χ3v) is 4.43. The fraction of sp³-hybridized carbons (Fsp3) is 0.500. The van der Waals surface area contributed by atoms with Gasteiger partial charge in [0.25, 0.3) is 0 Å². The largest absolute Gasteiger partial charge is 0.477 e. The molecule has 0 spiro atoms. The van der Waals surface area contributed by atoms with Crippen LogP contribution in [-0.4, -0.2) is 25.2 Å². The number of rotatable bonds is 4. The van der Waals surface area contributed by atoms with Gasteiger partial charge in [-0.05, 0) is 16.9 Å². The number of hydrogen-bond acceptors (Lipinski definition) is 4. The van der Waals surface area contributed by atoms with Crippen molar-refractivity contribution in [3.8, 4) is 0 Å². The lowest BCUT2D eigenvalue weighted by Crippen LogP contribution is -2.26. The number of sulfonamides is 1. The molecule has 0 bridgehead atoms. The van der Waals surface area contributed by atoms with Crippen LogP contribution < -0.4 is 4.72 Å². The first-order chi connectivity index (χ1) is 7.61. The lowest BCUT2D eigenvalue weighted by atomic mass is 10.0. The first-order valence-electron chi connectivity index (χ1n) is 4.92. The Labute approximate surface area is 105 Å². The van der Waals surface area contributed by atoms with Gasteiger partial charge in [-0.15, -0.1) is 11.3 Å². The third kappa shape index (κ3) is 4.35. The molecule has 2 N–H and O–H groups in total. The van der Waals surface area contributed by atoms with Gasteiger partial charge in [-0.25, -0.2) is 13.2 Å². The van der Waals surface area contributed by atoms with Crippen LogP contribution in [0.1, 0.15) is 30.4 Å². The quantitative estimate of drug-likeness (QED) is 0.884. The van der Waals surface area contributed by atoms with Gasteiger partial charge in [-0.1, -0.05) is 20.8 Å². The van der Waals surface area contributed by atoms with Gasteiger partial charge < -0.3 is 5.11 Å². The molecule has 0 radical (unpaired) electrons. The molecule has 0 aliphatic carbocycles. The van der Waals surface area contributed by atoms with Crippen molar-refractivity contribution in [1.82, 2.24) is 0 Å². The van der Waals surface area contributed by atoms with E-state index in [1.807, 2.05) is 0 Å². The molecule has 17 heavy (non-hydrogen) atoms. The average Bonchev–Trinajstić information content (AvgIpc) is 2.45. The van der Waals surface area contributed by atoms with Crippen molar-refractivity contribution in [3.63, 3.8) is 0 Å². The van der Waals surface area contributed by atoms with Crippen LogP contribution in [0.25, 0.3) is 0 Å². The Hall–Kier alpha value is -1.08. The molecule has 1 rings (SSSR count). The highest BCUT2D eigenvalue weighted by molar-refractivity contribution is 7.92. The number of carboxylic acids is 1. The maximum atomic E-state index is 11.8. The summed E-state index contributed by atoms with van der Waals surface area (Å²) in [4.78, 5) is 10.8. The Balaban J connectivity index is 2.91. The molecule has 1 aromatic heterocycles. The molecular weight excluding hydrogens is 262 g/mol. The van der Waals surface area contributed by atoms with Crippen LogP contribution in [0, 0.1) is 5.41 Å². The Morgan fingerprint density at radius 2 is 2.06 bits per heavy atom. The van der Waals surface area contributed by atoms with Gasteiger partial charge in [0, 0.05) is 0 Å². The first-order valence-corrected chi connectivity index (χ1v) is 7.45. The van der Waals surface area contributed by atoms with Crippen molar-refractivity contribution in [2.24, 2.45) is 5.41 Å². The van der Waals surface area contributed by atoms with Crippen LogP contribution in [0.3, 0.4) is 0 Å². The van der Waals surface area contributed by atoms with Gasteiger partial charge in [-0.2, -0.15) is 0 Å². The minimum atomic E-state index is -3.52. The smallest absolute Gasteiger partial charge is 0.348 e. The van der Waals surface area contributed by atoms with E-state index < -0.39 is 16.0 Å². The maximum absolute atomic E-state index is 11.8. The van der Waals surface area contributed by atoms with E-state index in [4.69, 9.17) is 5.11 Å². The fourth-order valence-electron chi connectivity index (χ4n) is 1.33. The summed E-state index contributed by atoms with van der Waals surface area (Å²) in [5.41, 5.74) is -0.252. The molecule has 0 aliphatic heterocycles. The predicted octanol–water partition coefficient (Wildman–Crippen LogP) is 2.23. The van der Waals surface area contributed by atoms with E-state index in [9.17, 15) is 13.2 Å². The van der Waals surface area contributed by atoms with E-state index in [0.29, 0.717) is 0 Å². The van der Waals surface area contributed by atoms with Crippen LogP contribution in [0.15, 0.2) is 11.4 Å². The minimum absolute atomic E-state index is 0.00230. The average molecular weight is 277 g/mol. The van der Waals surface area contributed by atoms with Gasteiger partial charge >= 0.3 is 5.97 Å². The van der Waals surface area contributed by atoms with Crippen molar-refractivity contribution < 1.29 is 18.3 Å². The van der Waals surface area contributed by atoms with Crippen molar-refractivity contribution in [2.75, 3.05) is 10.5 Å². The second-order valence-electron chi connectivity index (χ2n) is 4.89. The van der Waals surface area contributed by atoms with E-state index in [2.05, 4.69) is 4.72 Å². The second kappa shape index (κ2) is 4.66. The molecule has 0 aromatic carbocycles. The number of thiophene rings is 1. The second-order valence-corrected chi connectivity index (χ2v) is 7.53. The lowest BCUT2D eigenvalue weighted by molar-refractivity contribution is 0.0703. The molecule has 1 aromatic rings. The van der Waals surface area contributed by atoms with Gasteiger partial charge in [-0.3, -0.25) is 4.72 Å². The molecule has 5 nitrogen and oxygen atoms in total. The van der Waals surface area contributed by atoms with E-state index in [1.165, 1.54) is 6.07 Å². The maximum Gasteiger partial charge on any atom is 0.348 e. The zero-order valence-corrected chi connectivity index (χ0v) is 11.5. The highest BCUT2D eigenvalue weighted by Crippen LogP contribution is 2.25. The molecule has 1 heterocycles. The zero-order valence-electron chi connectivity index (χ0n) is 9.85. The molecule has 0 saturated heterocycles. The number of carbonyl (C=O) groups is 1. The van der Waals surface area contributed by atoms with Crippen LogP contribution in [0.4, 0.5) is 5.69 Å². The van der Waals surface area contributed by atoms with Crippen LogP contribution >= 0.6 is 11.3 Å².